The summed E-state index contributed by atoms with van der Waals surface area (Å²) in [6.07, 6.45) is -1.69. The molecule has 2 aromatic rings. The molecule has 39 heavy (non-hydrogen) atoms. The summed E-state index contributed by atoms with van der Waals surface area (Å²) in [6, 6.07) is 11.9. The second-order valence-electron chi connectivity index (χ2n) is 9.49. The number of sulfone groups is 1. The van der Waals surface area contributed by atoms with E-state index in [1.54, 1.807) is 37.3 Å². The Morgan fingerprint density at radius 1 is 1.13 bits per heavy atom. The molecule has 2 atom stereocenters. The molecular formula is C28H35F3N2O5S. The fourth-order valence-electron chi connectivity index (χ4n) is 4.97. The molecule has 0 saturated carbocycles. The predicted octanol–water partition coefficient (Wildman–Crippen LogP) is 5.09. The number of alkyl halides is 3. The van der Waals surface area contributed by atoms with Crippen molar-refractivity contribution in [3.63, 3.8) is 0 Å². The smallest absolute Gasteiger partial charge is 0.393 e. The first-order valence-corrected chi connectivity index (χ1v) is 14.7. The SMILES string of the molecule is CCC1C(C(F)(F)F)CCCN1c1ccc2cc(/C=C(\C#N)S(=O)(=O)CCCOCCOCCO)ccc2c1. The van der Waals surface area contributed by atoms with Gasteiger partial charge in [-0.25, -0.2) is 8.42 Å². The van der Waals surface area contributed by atoms with Crippen molar-refractivity contribution in [2.75, 3.05) is 50.2 Å². The lowest BCUT2D eigenvalue weighted by molar-refractivity contribution is -0.185. The fraction of sp³-hybridized carbons (Fsp3) is 0.536. The van der Waals surface area contributed by atoms with E-state index in [4.69, 9.17) is 14.6 Å². The number of rotatable bonds is 13. The van der Waals surface area contributed by atoms with Crippen LogP contribution in [0.4, 0.5) is 18.9 Å². The minimum Gasteiger partial charge on any atom is -0.394 e. The Labute approximate surface area is 227 Å². The molecule has 1 heterocycles. The summed E-state index contributed by atoms with van der Waals surface area (Å²) in [5.74, 6) is -1.60. The minimum atomic E-state index is -4.24. The first kappa shape index (κ1) is 30.9. The van der Waals surface area contributed by atoms with Gasteiger partial charge in [0.2, 0.25) is 0 Å². The molecule has 0 bridgehead atoms. The van der Waals surface area contributed by atoms with E-state index in [1.807, 2.05) is 17.0 Å². The minimum absolute atomic E-state index is 0.0799. The van der Waals surface area contributed by atoms with Crippen LogP contribution < -0.4 is 4.90 Å². The van der Waals surface area contributed by atoms with Gasteiger partial charge in [0.1, 0.15) is 11.0 Å². The Morgan fingerprint density at radius 2 is 1.82 bits per heavy atom. The third kappa shape index (κ3) is 8.42. The van der Waals surface area contributed by atoms with Gasteiger partial charge in [-0.1, -0.05) is 25.1 Å². The summed E-state index contributed by atoms with van der Waals surface area (Å²) < 4.78 is 76.6. The molecule has 0 spiro atoms. The summed E-state index contributed by atoms with van der Waals surface area (Å²) in [5, 5.41) is 19.8. The van der Waals surface area contributed by atoms with E-state index >= 15 is 0 Å². The number of hydrogen-bond donors (Lipinski definition) is 1. The number of halogens is 3. The number of anilines is 1. The van der Waals surface area contributed by atoms with Crippen LogP contribution in [0.25, 0.3) is 16.8 Å². The molecule has 11 heteroatoms. The Hall–Kier alpha value is -2.65. The summed E-state index contributed by atoms with van der Waals surface area (Å²) in [5.41, 5.74) is 1.27. The summed E-state index contributed by atoms with van der Waals surface area (Å²) in [4.78, 5) is 1.50. The highest BCUT2D eigenvalue weighted by Crippen LogP contribution is 2.41. The van der Waals surface area contributed by atoms with Gasteiger partial charge < -0.3 is 19.5 Å². The van der Waals surface area contributed by atoms with Crippen LogP contribution in [-0.2, 0) is 19.3 Å². The average molecular weight is 569 g/mol. The van der Waals surface area contributed by atoms with Crippen LogP contribution in [-0.4, -0.2) is 71.1 Å². The molecule has 0 aliphatic carbocycles. The number of fused-ring (bicyclic) bond motifs is 1. The van der Waals surface area contributed by atoms with Crippen molar-refractivity contribution in [2.24, 2.45) is 5.92 Å². The van der Waals surface area contributed by atoms with Crippen molar-refractivity contribution in [2.45, 2.75) is 44.8 Å². The van der Waals surface area contributed by atoms with Crippen molar-refractivity contribution in [3.05, 3.63) is 46.9 Å². The van der Waals surface area contributed by atoms with E-state index < -0.39 is 28.0 Å². The van der Waals surface area contributed by atoms with Gasteiger partial charge in [-0.2, -0.15) is 18.4 Å². The zero-order valence-electron chi connectivity index (χ0n) is 22.0. The highest BCUT2D eigenvalue weighted by Gasteiger charge is 2.47. The number of piperidine rings is 1. The van der Waals surface area contributed by atoms with E-state index in [0.29, 0.717) is 31.6 Å². The second kappa shape index (κ2) is 14.1. The summed E-state index contributed by atoms with van der Waals surface area (Å²) in [7, 11) is -3.82. The van der Waals surface area contributed by atoms with Gasteiger partial charge in [0.15, 0.2) is 9.84 Å². The van der Waals surface area contributed by atoms with E-state index in [0.717, 1.165) is 16.5 Å². The molecule has 214 valence electrons. The molecule has 1 aliphatic heterocycles. The van der Waals surface area contributed by atoms with Gasteiger partial charge in [0.25, 0.3) is 0 Å². The highest BCUT2D eigenvalue weighted by molar-refractivity contribution is 7.95. The van der Waals surface area contributed by atoms with Crippen LogP contribution in [0.2, 0.25) is 0 Å². The quantitative estimate of drug-likeness (QED) is 0.265. The Morgan fingerprint density at radius 3 is 2.49 bits per heavy atom. The molecule has 0 aromatic heterocycles. The van der Waals surface area contributed by atoms with Crippen molar-refractivity contribution < 1.29 is 36.2 Å². The molecule has 2 aromatic carbocycles. The fourth-order valence-corrected chi connectivity index (χ4v) is 6.15. The Kier molecular flexibility index (Phi) is 11.2. The maximum absolute atomic E-state index is 13.6. The molecule has 1 aliphatic rings. The molecule has 7 nitrogen and oxygen atoms in total. The van der Waals surface area contributed by atoms with Gasteiger partial charge in [0, 0.05) is 24.9 Å². The number of ether oxygens (including phenoxy) is 2. The molecule has 0 radical (unpaired) electrons. The van der Waals surface area contributed by atoms with Crippen molar-refractivity contribution in [1.82, 2.24) is 0 Å². The topological polar surface area (TPSA) is 99.9 Å². The second-order valence-corrected chi connectivity index (χ2v) is 11.6. The van der Waals surface area contributed by atoms with E-state index in [2.05, 4.69) is 0 Å². The first-order chi connectivity index (χ1) is 18.6. The summed E-state index contributed by atoms with van der Waals surface area (Å²) in [6.45, 7) is 3.24. The molecule has 1 saturated heterocycles. The number of allylic oxidation sites excluding steroid dienone is 1. The standard InChI is InChI=1S/C28H35F3N2O5S/c1-2-27-26(28(29,30)31)5-3-10-33(27)24-9-8-22-17-21(6-7-23(22)19-24)18-25(20-32)39(35,36)16-4-12-37-14-15-38-13-11-34/h6-9,17-19,26-27,34H,2-5,10-16H2,1H3/b25-18+. The van der Waals surface area contributed by atoms with E-state index in [-0.39, 0.29) is 49.9 Å². The van der Waals surface area contributed by atoms with Gasteiger partial charge >= 0.3 is 6.18 Å². The molecule has 0 amide bonds. The predicted molar refractivity (Wildman–Crippen MR) is 145 cm³/mol. The average Bonchev–Trinajstić information content (AvgIpc) is 2.91. The Balaban J connectivity index is 1.70. The molecular weight excluding hydrogens is 533 g/mol. The van der Waals surface area contributed by atoms with Gasteiger partial charge in [-0.15, -0.1) is 0 Å². The van der Waals surface area contributed by atoms with Crippen LogP contribution >= 0.6 is 0 Å². The largest absolute Gasteiger partial charge is 0.394 e. The van der Waals surface area contributed by atoms with Gasteiger partial charge in [-0.05, 0) is 66.3 Å². The van der Waals surface area contributed by atoms with E-state index in [9.17, 15) is 26.9 Å². The van der Waals surface area contributed by atoms with Crippen molar-refractivity contribution in [3.8, 4) is 6.07 Å². The van der Waals surface area contributed by atoms with Crippen LogP contribution in [0.3, 0.4) is 0 Å². The lowest BCUT2D eigenvalue weighted by Crippen LogP contribution is -2.50. The van der Waals surface area contributed by atoms with Crippen LogP contribution in [0, 0.1) is 17.2 Å². The zero-order valence-corrected chi connectivity index (χ0v) is 22.8. The monoisotopic (exact) mass is 568 g/mol. The third-order valence-electron chi connectivity index (χ3n) is 6.85. The molecule has 1 N–H and O–H groups in total. The number of hydrogen-bond acceptors (Lipinski definition) is 7. The maximum Gasteiger partial charge on any atom is 0.393 e. The summed E-state index contributed by atoms with van der Waals surface area (Å²) >= 11 is 0. The number of nitriles is 1. The Bertz CT molecular complexity index is 1270. The van der Waals surface area contributed by atoms with Gasteiger partial charge in [-0.3, -0.25) is 0 Å². The number of benzene rings is 2. The van der Waals surface area contributed by atoms with Crippen LogP contribution in [0.1, 0.15) is 38.2 Å². The number of nitrogens with zero attached hydrogens (tertiary/aromatic N) is 2. The highest BCUT2D eigenvalue weighted by atomic mass is 32.2. The first-order valence-electron chi connectivity index (χ1n) is 13.1. The number of aliphatic hydroxyl groups excluding tert-OH is 1. The van der Waals surface area contributed by atoms with Gasteiger partial charge in [0.05, 0.1) is 38.1 Å². The maximum atomic E-state index is 13.6. The molecule has 1 fully saturated rings. The lowest BCUT2D eigenvalue weighted by atomic mass is 9.86. The van der Waals surface area contributed by atoms with E-state index in [1.165, 1.54) is 6.08 Å². The third-order valence-corrected chi connectivity index (χ3v) is 8.55. The van der Waals surface area contributed by atoms with Crippen LogP contribution in [0.15, 0.2) is 41.3 Å². The number of aliphatic hydroxyl groups is 1. The zero-order chi connectivity index (χ0) is 28.5. The molecule has 2 unspecified atom stereocenters. The van der Waals surface area contributed by atoms with Crippen molar-refractivity contribution in [1.29, 1.82) is 5.26 Å². The van der Waals surface area contributed by atoms with Crippen molar-refractivity contribution >= 4 is 32.4 Å². The van der Waals surface area contributed by atoms with Crippen LogP contribution in [0.5, 0.6) is 0 Å². The normalized spacial score (nSPS) is 18.9. The molecule has 3 rings (SSSR count). The lowest BCUT2D eigenvalue weighted by Gasteiger charge is -2.43.